The minimum Gasteiger partial charge on any atom is -0.390 e. The van der Waals surface area contributed by atoms with E-state index < -0.39 is 0 Å². The molecule has 1 N–H and O–H groups in total. The molecule has 0 aromatic heterocycles. The van der Waals surface area contributed by atoms with Gasteiger partial charge in [-0.2, -0.15) is 0 Å². The molecule has 0 spiro atoms. The molecule has 3 rings (SSSR count). The first-order valence-electron chi connectivity index (χ1n) is 5.69. The van der Waals surface area contributed by atoms with Crippen LogP contribution in [-0.4, -0.2) is 10.7 Å². The fraction of sp³-hybridized carbons (Fsp3) is 0.538. The molecule has 1 fully saturated rings. The Morgan fingerprint density at radius 2 is 2.07 bits per heavy atom. The van der Waals surface area contributed by atoms with Crippen molar-refractivity contribution in [1.82, 2.24) is 0 Å². The fourth-order valence-electron chi connectivity index (χ4n) is 2.52. The van der Waals surface area contributed by atoms with Crippen LogP contribution in [0.2, 0.25) is 0 Å². The third-order valence-corrected chi connectivity index (χ3v) is 4.29. The Morgan fingerprint density at radius 1 is 1.27 bits per heavy atom. The minimum absolute atomic E-state index is 0.369. The summed E-state index contributed by atoms with van der Waals surface area (Å²) in [5.74, 6) is 0. The van der Waals surface area contributed by atoms with Crippen molar-refractivity contribution < 1.29 is 5.11 Å². The van der Waals surface area contributed by atoms with Crippen molar-refractivity contribution in [2.75, 3.05) is 0 Å². The average molecular weight is 267 g/mol. The van der Waals surface area contributed by atoms with E-state index in [1.165, 1.54) is 40.4 Å². The van der Waals surface area contributed by atoms with Gasteiger partial charge in [-0.25, -0.2) is 0 Å². The Bertz CT molecular complexity index is 407. The zero-order chi connectivity index (χ0) is 10.5. The Labute approximate surface area is 98.6 Å². The summed E-state index contributed by atoms with van der Waals surface area (Å²) in [6, 6.07) is 4.49. The number of hydrogen-bond donors (Lipinski definition) is 1. The van der Waals surface area contributed by atoms with E-state index in [0.29, 0.717) is 0 Å². The van der Waals surface area contributed by atoms with E-state index >= 15 is 0 Å². The minimum atomic E-state index is -0.369. The van der Waals surface area contributed by atoms with Crippen molar-refractivity contribution >= 4 is 15.9 Å². The molecule has 1 aromatic rings. The van der Waals surface area contributed by atoms with Crippen LogP contribution in [0.4, 0.5) is 0 Å². The summed E-state index contributed by atoms with van der Waals surface area (Å²) >= 11 is 3.64. The number of rotatable bonds is 2. The van der Waals surface area contributed by atoms with Gasteiger partial charge in [-0.05, 0) is 54.9 Å². The third-order valence-electron chi connectivity index (χ3n) is 3.58. The molecule has 15 heavy (non-hydrogen) atoms. The van der Waals surface area contributed by atoms with Gasteiger partial charge >= 0.3 is 0 Å². The van der Waals surface area contributed by atoms with Crippen LogP contribution in [0, 0.1) is 0 Å². The van der Waals surface area contributed by atoms with Gasteiger partial charge in [-0.1, -0.05) is 22.0 Å². The molecule has 1 saturated carbocycles. The molecule has 0 unspecified atom stereocenters. The van der Waals surface area contributed by atoms with E-state index in [1.807, 2.05) is 0 Å². The molecule has 2 aliphatic rings. The highest BCUT2D eigenvalue weighted by atomic mass is 79.9. The molecule has 2 heteroatoms. The third kappa shape index (κ3) is 1.85. The lowest BCUT2D eigenvalue weighted by Crippen LogP contribution is -2.11. The normalized spacial score (nSPS) is 21.5. The molecule has 80 valence electrons. The number of aliphatic hydroxyl groups is 1. The summed E-state index contributed by atoms with van der Waals surface area (Å²) in [5.41, 5.74) is 3.90. The van der Waals surface area contributed by atoms with Crippen molar-refractivity contribution in [3.05, 3.63) is 33.3 Å². The number of hydrogen-bond acceptors (Lipinski definition) is 1. The highest BCUT2D eigenvalue weighted by Gasteiger charge is 2.40. The smallest absolute Gasteiger partial charge is 0.0690 e. The molecule has 0 heterocycles. The molecule has 0 amide bonds. The standard InChI is InChI=1S/C13H15BrO/c14-12-7-9(8-13(15)4-5-13)6-10-2-1-3-11(10)12/h6-7,15H,1-5,8H2. The molecule has 2 aliphatic carbocycles. The van der Waals surface area contributed by atoms with E-state index in [9.17, 15) is 5.11 Å². The van der Waals surface area contributed by atoms with Crippen LogP contribution in [0.15, 0.2) is 16.6 Å². The second-order valence-electron chi connectivity index (χ2n) is 4.97. The Morgan fingerprint density at radius 3 is 2.80 bits per heavy atom. The van der Waals surface area contributed by atoms with Crippen LogP contribution in [0.1, 0.15) is 36.0 Å². The van der Waals surface area contributed by atoms with Crippen molar-refractivity contribution in [2.45, 2.75) is 44.1 Å². The van der Waals surface area contributed by atoms with Gasteiger partial charge in [-0.15, -0.1) is 0 Å². The van der Waals surface area contributed by atoms with Gasteiger partial charge < -0.3 is 5.11 Å². The van der Waals surface area contributed by atoms with Crippen LogP contribution in [0.25, 0.3) is 0 Å². The zero-order valence-corrected chi connectivity index (χ0v) is 10.3. The topological polar surface area (TPSA) is 20.2 Å². The van der Waals surface area contributed by atoms with Crippen LogP contribution in [-0.2, 0) is 19.3 Å². The van der Waals surface area contributed by atoms with Crippen LogP contribution >= 0.6 is 15.9 Å². The van der Waals surface area contributed by atoms with Gasteiger partial charge in [0.15, 0.2) is 0 Å². The van der Waals surface area contributed by atoms with Crippen molar-refractivity contribution in [3.63, 3.8) is 0 Å². The van der Waals surface area contributed by atoms with E-state index in [0.717, 1.165) is 19.3 Å². The van der Waals surface area contributed by atoms with Crippen LogP contribution in [0.3, 0.4) is 0 Å². The number of benzene rings is 1. The fourth-order valence-corrected chi connectivity index (χ4v) is 3.26. The van der Waals surface area contributed by atoms with Crippen molar-refractivity contribution in [2.24, 2.45) is 0 Å². The van der Waals surface area contributed by atoms with E-state index in [1.54, 1.807) is 0 Å². The van der Waals surface area contributed by atoms with E-state index in [2.05, 4.69) is 28.1 Å². The maximum Gasteiger partial charge on any atom is 0.0690 e. The molecule has 0 atom stereocenters. The van der Waals surface area contributed by atoms with Crippen molar-refractivity contribution in [1.29, 1.82) is 0 Å². The summed E-state index contributed by atoms with van der Waals surface area (Å²) in [6.45, 7) is 0. The first kappa shape index (κ1) is 9.86. The first-order valence-corrected chi connectivity index (χ1v) is 6.48. The van der Waals surface area contributed by atoms with E-state index in [4.69, 9.17) is 0 Å². The maximum absolute atomic E-state index is 9.91. The zero-order valence-electron chi connectivity index (χ0n) is 8.72. The summed E-state index contributed by atoms with van der Waals surface area (Å²) in [5, 5.41) is 9.91. The van der Waals surface area contributed by atoms with Gasteiger partial charge in [0, 0.05) is 10.9 Å². The molecule has 0 saturated heterocycles. The monoisotopic (exact) mass is 266 g/mol. The van der Waals surface area contributed by atoms with Gasteiger partial charge in [0.05, 0.1) is 5.60 Å². The molecule has 1 aromatic carbocycles. The first-order chi connectivity index (χ1) is 7.16. The van der Waals surface area contributed by atoms with Gasteiger partial charge in [0.25, 0.3) is 0 Å². The Kier molecular flexibility index (Phi) is 2.18. The van der Waals surface area contributed by atoms with E-state index in [-0.39, 0.29) is 5.60 Å². The predicted octanol–water partition coefficient (Wildman–Crippen LogP) is 3.01. The van der Waals surface area contributed by atoms with Crippen molar-refractivity contribution in [3.8, 4) is 0 Å². The Hall–Kier alpha value is -0.340. The number of fused-ring (bicyclic) bond motifs is 1. The number of halogens is 1. The molecule has 1 nitrogen and oxygen atoms in total. The lowest BCUT2D eigenvalue weighted by molar-refractivity contribution is 0.151. The summed E-state index contributed by atoms with van der Waals surface area (Å²) in [4.78, 5) is 0. The van der Waals surface area contributed by atoms with Gasteiger partial charge in [-0.3, -0.25) is 0 Å². The molecule has 0 bridgehead atoms. The maximum atomic E-state index is 9.91. The highest BCUT2D eigenvalue weighted by Crippen LogP contribution is 2.40. The quantitative estimate of drug-likeness (QED) is 0.873. The largest absolute Gasteiger partial charge is 0.390 e. The van der Waals surface area contributed by atoms with Crippen LogP contribution in [0.5, 0.6) is 0 Å². The summed E-state index contributed by atoms with van der Waals surface area (Å²) in [7, 11) is 0. The summed E-state index contributed by atoms with van der Waals surface area (Å²) < 4.78 is 1.25. The summed E-state index contributed by atoms with van der Waals surface area (Å²) in [6.07, 6.45) is 6.48. The average Bonchev–Trinajstić information content (AvgIpc) is 2.73. The predicted molar refractivity (Wildman–Crippen MR) is 64.1 cm³/mol. The van der Waals surface area contributed by atoms with Gasteiger partial charge in [0.1, 0.15) is 0 Å². The molecule has 0 radical (unpaired) electrons. The highest BCUT2D eigenvalue weighted by molar-refractivity contribution is 9.10. The lowest BCUT2D eigenvalue weighted by Gasteiger charge is -2.11. The second kappa shape index (κ2) is 3.33. The lowest BCUT2D eigenvalue weighted by atomic mass is 10.0. The Balaban J connectivity index is 1.93. The second-order valence-corrected chi connectivity index (χ2v) is 5.82. The number of aryl methyl sites for hydroxylation is 1. The molecule has 0 aliphatic heterocycles. The SMILES string of the molecule is OC1(Cc2cc(Br)c3c(c2)CCC3)CC1. The molecular formula is C13H15BrO. The molecular weight excluding hydrogens is 252 g/mol. The van der Waals surface area contributed by atoms with Gasteiger partial charge in [0.2, 0.25) is 0 Å². The van der Waals surface area contributed by atoms with Crippen LogP contribution < -0.4 is 0 Å².